The van der Waals surface area contributed by atoms with Crippen LogP contribution in [-0.2, 0) is 4.79 Å². The standard InChI is InChI=1S/C14H27N3O/c1-16(2)9-11-3-5-12(6-4-11)14(18)17-8-7-13(15)10-17/h11-13H,3-10,15H2,1-2H3/t11?,12?,13-/m1/s1. The fourth-order valence-electron chi connectivity index (χ4n) is 3.35. The minimum absolute atomic E-state index is 0.207. The van der Waals surface area contributed by atoms with Gasteiger partial charge >= 0.3 is 0 Å². The van der Waals surface area contributed by atoms with Gasteiger partial charge in [-0.2, -0.15) is 0 Å². The van der Waals surface area contributed by atoms with Crippen molar-refractivity contribution >= 4 is 5.91 Å². The maximum absolute atomic E-state index is 12.3. The highest BCUT2D eigenvalue weighted by Crippen LogP contribution is 2.31. The fourth-order valence-corrected chi connectivity index (χ4v) is 3.35. The third-order valence-electron chi connectivity index (χ3n) is 4.36. The molecule has 0 aromatic heterocycles. The molecule has 1 aliphatic heterocycles. The Morgan fingerprint density at radius 3 is 2.39 bits per heavy atom. The first kappa shape index (κ1) is 13.8. The molecule has 1 amide bonds. The van der Waals surface area contributed by atoms with Gasteiger partial charge in [0, 0.05) is 31.6 Å². The topological polar surface area (TPSA) is 49.6 Å². The molecule has 1 heterocycles. The summed E-state index contributed by atoms with van der Waals surface area (Å²) in [6, 6.07) is 0.207. The molecule has 2 fully saturated rings. The van der Waals surface area contributed by atoms with Crippen molar-refractivity contribution in [1.29, 1.82) is 0 Å². The van der Waals surface area contributed by atoms with Crippen molar-refractivity contribution in [3.63, 3.8) is 0 Å². The fraction of sp³-hybridized carbons (Fsp3) is 0.929. The van der Waals surface area contributed by atoms with Gasteiger partial charge in [-0.05, 0) is 52.1 Å². The molecule has 18 heavy (non-hydrogen) atoms. The van der Waals surface area contributed by atoms with Crippen molar-refractivity contribution in [3.05, 3.63) is 0 Å². The first-order valence-corrected chi connectivity index (χ1v) is 7.25. The van der Waals surface area contributed by atoms with Crippen molar-refractivity contribution in [2.24, 2.45) is 17.6 Å². The van der Waals surface area contributed by atoms with Crippen molar-refractivity contribution in [1.82, 2.24) is 9.80 Å². The number of amides is 1. The molecule has 2 rings (SSSR count). The van der Waals surface area contributed by atoms with Crippen molar-refractivity contribution in [2.75, 3.05) is 33.7 Å². The van der Waals surface area contributed by atoms with Crippen LogP contribution in [0.5, 0.6) is 0 Å². The van der Waals surface area contributed by atoms with E-state index in [0.29, 0.717) is 5.91 Å². The molecule has 0 aromatic rings. The van der Waals surface area contributed by atoms with Crippen LogP contribution in [0.15, 0.2) is 0 Å². The molecule has 1 atom stereocenters. The Bertz CT molecular complexity index is 285. The van der Waals surface area contributed by atoms with Gasteiger partial charge in [-0.1, -0.05) is 0 Å². The molecule has 4 nitrogen and oxygen atoms in total. The lowest BCUT2D eigenvalue weighted by Gasteiger charge is -2.31. The van der Waals surface area contributed by atoms with Gasteiger partial charge in [0.15, 0.2) is 0 Å². The maximum atomic E-state index is 12.3. The smallest absolute Gasteiger partial charge is 0.225 e. The summed E-state index contributed by atoms with van der Waals surface area (Å²) in [6.07, 6.45) is 5.52. The zero-order valence-corrected chi connectivity index (χ0v) is 11.8. The predicted molar refractivity (Wildman–Crippen MR) is 73.2 cm³/mol. The zero-order valence-electron chi connectivity index (χ0n) is 11.8. The van der Waals surface area contributed by atoms with Gasteiger partial charge in [0.05, 0.1) is 0 Å². The van der Waals surface area contributed by atoms with E-state index in [1.54, 1.807) is 0 Å². The highest BCUT2D eigenvalue weighted by molar-refractivity contribution is 5.79. The molecule has 1 saturated carbocycles. The van der Waals surface area contributed by atoms with E-state index in [-0.39, 0.29) is 12.0 Å². The van der Waals surface area contributed by atoms with E-state index < -0.39 is 0 Å². The Kier molecular flexibility index (Phi) is 4.62. The minimum Gasteiger partial charge on any atom is -0.341 e. The van der Waals surface area contributed by atoms with Crippen LogP contribution in [0.2, 0.25) is 0 Å². The van der Waals surface area contributed by atoms with Gasteiger partial charge in [-0.15, -0.1) is 0 Å². The number of likely N-dealkylation sites (tertiary alicyclic amines) is 1. The molecule has 0 aromatic carbocycles. The second-order valence-corrected chi connectivity index (χ2v) is 6.31. The number of rotatable bonds is 3. The molecular weight excluding hydrogens is 226 g/mol. The number of hydrogen-bond donors (Lipinski definition) is 1. The van der Waals surface area contributed by atoms with Crippen molar-refractivity contribution in [3.8, 4) is 0 Å². The van der Waals surface area contributed by atoms with Gasteiger partial charge in [0.25, 0.3) is 0 Å². The molecule has 1 aliphatic carbocycles. The van der Waals surface area contributed by atoms with Gasteiger partial charge in [0.1, 0.15) is 0 Å². The number of nitrogens with two attached hydrogens (primary N) is 1. The van der Waals surface area contributed by atoms with E-state index >= 15 is 0 Å². The van der Waals surface area contributed by atoms with E-state index in [0.717, 1.165) is 44.8 Å². The number of carbonyl (C=O) groups excluding carboxylic acids is 1. The average Bonchev–Trinajstić information content (AvgIpc) is 2.75. The van der Waals surface area contributed by atoms with Crippen LogP contribution < -0.4 is 5.73 Å². The summed E-state index contributed by atoms with van der Waals surface area (Å²) in [6.45, 7) is 2.81. The highest BCUT2D eigenvalue weighted by atomic mass is 16.2. The lowest BCUT2D eigenvalue weighted by molar-refractivity contribution is -0.135. The van der Waals surface area contributed by atoms with Crippen LogP contribution in [0, 0.1) is 11.8 Å². The number of hydrogen-bond acceptors (Lipinski definition) is 3. The van der Waals surface area contributed by atoms with Crippen LogP contribution in [-0.4, -0.2) is 55.5 Å². The maximum Gasteiger partial charge on any atom is 0.225 e. The second-order valence-electron chi connectivity index (χ2n) is 6.31. The first-order chi connectivity index (χ1) is 8.56. The first-order valence-electron chi connectivity index (χ1n) is 7.25. The van der Waals surface area contributed by atoms with E-state index in [2.05, 4.69) is 19.0 Å². The van der Waals surface area contributed by atoms with Crippen LogP contribution >= 0.6 is 0 Å². The van der Waals surface area contributed by atoms with Gasteiger partial charge in [-0.25, -0.2) is 0 Å². The van der Waals surface area contributed by atoms with E-state index in [1.165, 1.54) is 12.8 Å². The Morgan fingerprint density at radius 2 is 1.89 bits per heavy atom. The van der Waals surface area contributed by atoms with Crippen LogP contribution in [0.3, 0.4) is 0 Å². The second kappa shape index (κ2) is 6.02. The van der Waals surface area contributed by atoms with Crippen molar-refractivity contribution < 1.29 is 4.79 Å². The van der Waals surface area contributed by atoms with Crippen LogP contribution in [0.25, 0.3) is 0 Å². The molecule has 0 spiro atoms. The quantitative estimate of drug-likeness (QED) is 0.813. The molecule has 4 heteroatoms. The van der Waals surface area contributed by atoms with E-state index in [1.807, 2.05) is 4.90 Å². The van der Waals surface area contributed by atoms with Gasteiger partial charge in [0.2, 0.25) is 5.91 Å². The summed E-state index contributed by atoms with van der Waals surface area (Å²) in [5, 5.41) is 0. The molecule has 0 unspecified atom stereocenters. The lowest BCUT2D eigenvalue weighted by Crippen LogP contribution is -2.38. The van der Waals surface area contributed by atoms with Gasteiger partial charge in [-0.3, -0.25) is 4.79 Å². The van der Waals surface area contributed by atoms with Gasteiger partial charge < -0.3 is 15.5 Å². The zero-order chi connectivity index (χ0) is 13.1. The van der Waals surface area contributed by atoms with Crippen LogP contribution in [0.1, 0.15) is 32.1 Å². The summed E-state index contributed by atoms with van der Waals surface area (Å²) in [7, 11) is 4.26. The Balaban J connectivity index is 1.77. The number of nitrogens with zero attached hydrogens (tertiary/aromatic N) is 2. The van der Waals surface area contributed by atoms with Crippen LogP contribution in [0.4, 0.5) is 0 Å². The summed E-state index contributed by atoms with van der Waals surface area (Å²) < 4.78 is 0. The molecular formula is C14H27N3O. The molecule has 0 bridgehead atoms. The third kappa shape index (κ3) is 3.45. The third-order valence-corrected chi connectivity index (χ3v) is 4.36. The molecule has 2 N–H and O–H groups in total. The SMILES string of the molecule is CN(C)CC1CCC(C(=O)N2CC[C@@H](N)C2)CC1. The molecule has 0 radical (unpaired) electrons. The summed E-state index contributed by atoms with van der Waals surface area (Å²) >= 11 is 0. The monoisotopic (exact) mass is 253 g/mol. The summed E-state index contributed by atoms with van der Waals surface area (Å²) in [5.41, 5.74) is 5.87. The minimum atomic E-state index is 0.207. The lowest BCUT2D eigenvalue weighted by atomic mass is 9.81. The predicted octanol–water partition coefficient (Wildman–Crippen LogP) is 0.914. The molecule has 2 aliphatic rings. The van der Waals surface area contributed by atoms with Crippen molar-refractivity contribution in [2.45, 2.75) is 38.1 Å². The number of carbonyl (C=O) groups is 1. The molecule has 1 saturated heterocycles. The Morgan fingerprint density at radius 1 is 1.22 bits per heavy atom. The Labute approximate surface area is 110 Å². The largest absolute Gasteiger partial charge is 0.341 e. The summed E-state index contributed by atoms with van der Waals surface area (Å²) in [5.74, 6) is 1.42. The highest BCUT2D eigenvalue weighted by Gasteiger charge is 2.32. The Hall–Kier alpha value is -0.610. The normalized spacial score (nSPS) is 33.1. The van der Waals surface area contributed by atoms with E-state index in [4.69, 9.17) is 5.73 Å². The van der Waals surface area contributed by atoms with E-state index in [9.17, 15) is 4.79 Å². The molecule has 104 valence electrons. The average molecular weight is 253 g/mol. The summed E-state index contributed by atoms with van der Waals surface area (Å²) in [4.78, 5) is 16.6.